The third-order valence-electron chi connectivity index (χ3n) is 7.16. The third kappa shape index (κ3) is 3.10. The highest BCUT2D eigenvalue weighted by molar-refractivity contribution is 5.95. The highest BCUT2D eigenvalue weighted by atomic mass is 16.2. The minimum atomic E-state index is -0.191. The number of rotatable bonds is 3. The van der Waals surface area contributed by atoms with Gasteiger partial charge in [0.1, 0.15) is 5.82 Å². The second-order valence-electron chi connectivity index (χ2n) is 9.23. The summed E-state index contributed by atoms with van der Waals surface area (Å²) in [6, 6.07) is 7.72. The van der Waals surface area contributed by atoms with E-state index >= 15 is 0 Å². The number of hydrogen-bond acceptors (Lipinski definition) is 4. The summed E-state index contributed by atoms with van der Waals surface area (Å²) in [7, 11) is 0. The first-order valence-electron chi connectivity index (χ1n) is 11.2. The maximum atomic E-state index is 13.4. The molecule has 1 spiro atoms. The SMILES string of the molecule is O=C(c1cccc(-c2cn[nH]c2)c1)N1CCCC2(CCc3c2nc(C2CC2)[nH]c3=O)C1. The molecule has 1 aliphatic heterocycles. The van der Waals surface area contributed by atoms with Crippen molar-refractivity contribution in [3.05, 3.63) is 69.7 Å². The number of carbonyl (C=O) groups excluding carboxylic acids is 1. The Kier molecular flexibility index (Phi) is 4.13. The van der Waals surface area contributed by atoms with Gasteiger partial charge in [-0.05, 0) is 56.2 Å². The molecular weight excluding hydrogens is 390 g/mol. The van der Waals surface area contributed by atoms with Gasteiger partial charge in [-0.2, -0.15) is 5.10 Å². The maximum absolute atomic E-state index is 13.4. The lowest BCUT2D eigenvalue weighted by molar-refractivity contribution is 0.0633. The molecule has 2 aliphatic carbocycles. The summed E-state index contributed by atoms with van der Waals surface area (Å²) in [5.74, 6) is 1.30. The lowest BCUT2D eigenvalue weighted by atomic mass is 9.77. The molecule has 2 fully saturated rings. The van der Waals surface area contributed by atoms with Gasteiger partial charge in [-0.1, -0.05) is 12.1 Å². The number of likely N-dealkylation sites (tertiary alicyclic amines) is 1. The Morgan fingerprint density at radius 1 is 1.19 bits per heavy atom. The quantitative estimate of drug-likeness (QED) is 0.687. The van der Waals surface area contributed by atoms with Gasteiger partial charge in [0.25, 0.3) is 11.5 Å². The first-order chi connectivity index (χ1) is 15.1. The topological polar surface area (TPSA) is 94.7 Å². The molecule has 1 saturated carbocycles. The fourth-order valence-corrected chi connectivity index (χ4v) is 5.34. The van der Waals surface area contributed by atoms with Gasteiger partial charge < -0.3 is 9.88 Å². The van der Waals surface area contributed by atoms with Crippen LogP contribution in [0.4, 0.5) is 0 Å². The van der Waals surface area contributed by atoms with Crippen molar-refractivity contribution < 1.29 is 4.79 Å². The standard InChI is InChI=1S/C24H25N5O2/c30-22-19-7-9-24(20(19)27-21(28-22)15-5-6-15)8-2-10-29(14-24)23(31)17-4-1-3-16(11-17)18-12-25-26-13-18/h1,3-4,11-13,15H,2,5-10,14H2,(H,25,26)(H,27,28,30). The molecule has 3 heterocycles. The van der Waals surface area contributed by atoms with Gasteiger partial charge >= 0.3 is 0 Å². The van der Waals surface area contributed by atoms with Crippen molar-refractivity contribution in [2.75, 3.05) is 13.1 Å². The highest BCUT2D eigenvalue weighted by Gasteiger charge is 2.46. The van der Waals surface area contributed by atoms with E-state index in [0.717, 1.165) is 73.3 Å². The van der Waals surface area contributed by atoms with Crippen LogP contribution < -0.4 is 5.56 Å². The number of hydrogen-bond donors (Lipinski definition) is 2. The molecule has 0 bridgehead atoms. The van der Waals surface area contributed by atoms with Crippen LogP contribution >= 0.6 is 0 Å². The summed E-state index contributed by atoms with van der Waals surface area (Å²) in [5, 5.41) is 6.83. The van der Waals surface area contributed by atoms with E-state index in [1.807, 2.05) is 35.4 Å². The van der Waals surface area contributed by atoms with Gasteiger partial charge in [0.15, 0.2) is 0 Å². The van der Waals surface area contributed by atoms with Crippen molar-refractivity contribution in [3.63, 3.8) is 0 Å². The van der Waals surface area contributed by atoms with Crippen LogP contribution in [-0.2, 0) is 11.8 Å². The summed E-state index contributed by atoms with van der Waals surface area (Å²) in [4.78, 5) is 36.1. The van der Waals surface area contributed by atoms with E-state index in [9.17, 15) is 9.59 Å². The van der Waals surface area contributed by atoms with Gasteiger partial charge in [-0.15, -0.1) is 0 Å². The van der Waals surface area contributed by atoms with Crippen molar-refractivity contribution in [2.24, 2.45) is 0 Å². The minimum Gasteiger partial charge on any atom is -0.338 e. The van der Waals surface area contributed by atoms with E-state index in [0.29, 0.717) is 18.0 Å². The molecule has 1 aromatic carbocycles. The van der Waals surface area contributed by atoms with E-state index in [4.69, 9.17) is 4.98 Å². The van der Waals surface area contributed by atoms with Gasteiger partial charge in [0.2, 0.25) is 0 Å². The Bertz CT molecular complexity index is 1210. The van der Waals surface area contributed by atoms with Crippen LogP contribution in [0, 0.1) is 0 Å². The van der Waals surface area contributed by atoms with Crippen LogP contribution in [0.3, 0.4) is 0 Å². The van der Waals surface area contributed by atoms with E-state index in [-0.39, 0.29) is 16.9 Å². The van der Waals surface area contributed by atoms with E-state index in [1.165, 1.54) is 0 Å². The summed E-state index contributed by atoms with van der Waals surface area (Å²) in [6.07, 6.45) is 9.36. The fraction of sp³-hybridized carbons (Fsp3) is 0.417. The number of fused-ring (bicyclic) bond motifs is 2. The lowest BCUT2D eigenvalue weighted by Gasteiger charge is -2.40. The van der Waals surface area contributed by atoms with Crippen LogP contribution in [0.15, 0.2) is 41.5 Å². The molecule has 7 heteroatoms. The van der Waals surface area contributed by atoms with Crippen LogP contribution in [0.1, 0.15) is 65.5 Å². The average molecular weight is 415 g/mol. The molecular formula is C24H25N5O2. The van der Waals surface area contributed by atoms with Crippen molar-refractivity contribution in [1.82, 2.24) is 25.1 Å². The zero-order valence-corrected chi connectivity index (χ0v) is 17.4. The molecule has 2 aromatic heterocycles. The van der Waals surface area contributed by atoms with Crippen LogP contribution in [0.2, 0.25) is 0 Å². The lowest BCUT2D eigenvalue weighted by Crippen LogP contribution is -2.48. The predicted octanol–water partition coefficient (Wildman–Crippen LogP) is 3.16. The van der Waals surface area contributed by atoms with Crippen LogP contribution in [0.25, 0.3) is 11.1 Å². The molecule has 1 unspecified atom stereocenters. The Hall–Kier alpha value is -3.22. The number of H-pyrrole nitrogens is 2. The van der Waals surface area contributed by atoms with Gasteiger partial charge in [0, 0.05) is 47.3 Å². The second-order valence-corrected chi connectivity index (χ2v) is 9.23. The average Bonchev–Trinajstić information content (AvgIpc) is 3.39. The molecule has 1 amide bonds. The zero-order valence-electron chi connectivity index (χ0n) is 17.4. The van der Waals surface area contributed by atoms with E-state index in [1.54, 1.807) is 6.20 Å². The first-order valence-corrected chi connectivity index (χ1v) is 11.2. The Labute approximate surface area is 179 Å². The Morgan fingerprint density at radius 2 is 2.10 bits per heavy atom. The third-order valence-corrected chi connectivity index (χ3v) is 7.16. The molecule has 6 rings (SSSR count). The number of benzene rings is 1. The Balaban J connectivity index is 1.31. The molecule has 0 radical (unpaired) electrons. The number of aromatic nitrogens is 4. The number of carbonyl (C=O) groups is 1. The normalized spacial score (nSPS) is 22.6. The monoisotopic (exact) mass is 415 g/mol. The smallest absolute Gasteiger partial charge is 0.254 e. The van der Waals surface area contributed by atoms with Crippen LogP contribution in [0.5, 0.6) is 0 Å². The molecule has 1 atom stereocenters. The van der Waals surface area contributed by atoms with Gasteiger partial charge in [-0.25, -0.2) is 4.98 Å². The van der Waals surface area contributed by atoms with E-state index < -0.39 is 0 Å². The number of piperidine rings is 1. The molecule has 31 heavy (non-hydrogen) atoms. The predicted molar refractivity (Wildman–Crippen MR) is 116 cm³/mol. The van der Waals surface area contributed by atoms with E-state index in [2.05, 4.69) is 15.2 Å². The molecule has 2 N–H and O–H groups in total. The van der Waals surface area contributed by atoms with Gasteiger partial charge in [-0.3, -0.25) is 14.7 Å². The van der Waals surface area contributed by atoms with Crippen LogP contribution in [-0.4, -0.2) is 44.1 Å². The number of nitrogens with zero attached hydrogens (tertiary/aromatic N) is 3. The van der Waals surface area contributed by atoms with Crippen molar-refractivity contribution in [2.45, 2.75) is 49.9 Å². The number of aromatic amines is 2. The first kappa shape index (κ1) is 18.5. The van der Waals surface area contributed by atoms with Crippen molar-refractivity contribution in [3.8, 4) is 11.1 Å². The largest absolute Gasteiger partial charge is 0.338 e. The molecule has 1 saturated heterocycles. The molecule has 158 valence electrons. The summed E-state index contributed by atoms with van der Waals surface area (Å²) < 4.78 is 0. The molecule has 7 nitrogen and oxygen atoms in total. The summed E-state index contributed by atoms with van der Waals surface area (Å²) in [5.41, 5.74) is 4.25. The number of nitrogens with one attached hydrogen (secondary N) is 2. The summed E-state index contributed by atoms with van der Waals surface area (Å²) >= 11 is 0. The Morgan fingerprint density at radius 3 is 2.90 bits per heavy atom. The summed E-state index contributed by atoms with van der Waals surface area (Å²) in [6.45, 7) is 1.37. The van der Waals surface area contributed by atoms with Crippen molar-refractivity contribution >= 4 is 5.91 Å². The minimum absolute atomic E-state index is 0.0278. The molecule has 3 aromatic rings. The number of amides is 1. The fourth-order valence-electron chi connectivity index (χ4n) is 5.34. The maximum Gasteiger partial charge on any atom is 0.254 e. The second kappa shape index (κ2) is 6.90. The van der Waals surface area contributed by atoms with Gasteiger partial charge in [0.05, 0.1) is 11.9 Å². The highest BCUT2D eigenvalue weighted by Crippen LogP contribution is 2.45. The van der Waals surface area contributed by atoms with Crippen molar-refractivity contribution in [1.29, 1.82) is 0 Å². The zero-order chi connectivity index (χ0) is 21.0. The molecule has 3 aliphatic rings.